The maximum Gasteiger partial charge on any atom is 0.167 e. The molecule has 0 aliphatic heterocycles. The summed E-state index contributed by atoms with van der Waals surface area (Å²) in [6.45, 7) is 2.74. The summed E-state index contributed by atoms with van der Waals surface area (Å²) in [4.78, 5) is 0. The van der Waals surface area contributed by atoms with E-state index in [-0.39, 0.29) is 18.3 Å². The van der Waals surface area contributed by atoms with Gasteiger partial charge in [0, 0.05) is 6.61 Å². The van der Waals surface area contributed by atoms with Crippen molar-refractivity contribution in [3.8, 4) is 0 Å². The molecule has 34 heavy (non-hydrogen) atoms. The molecule has 5 nitrogen and oxygen atoms in total. The zero-order valence-corrected chi connectivity index (χ0v) is 24.1. The lowest BCUT2D eigenvalue weighted by Crippen LogP contribution is -2.57. The molecule has 0 heterocycles. The molecule has 4 aliphatic carbocycles. The first kappa shape index (κ1) is 27.1. The van der Waals surface area contributed by atoms with Gasteiger partial charge in [-0.05, 0) is 70.6 Å². The van der Waals surface area contributed by atoms with Crippen LogP contribution in [0.15, 0.2) is 0 Å². The summed E-state index contributed by atoms with van der Waals surface area (Å²) in [6.07, 6.45) is 21.5. The summed E-state index contributed by atoms with van der Waals surface area (Å²) in [5.41, 5.74) is -0.615. The molecule has 4 fully saturated rings. The molecule has 4 saturated carbocycles. The van der Waals surface area contributed by atoms with Gasteiger partial charge in [0.15, 0.2) is 5.41 Å². The molecule has 6 heteroatoms. The Bertz CT molecular complexity index is 573. The summed E-state index contributed by atoms with van der Waals surface area (Å²) < 4.78 is 27.0. The minimum Gasteiger partial charge on any atom is -0.390 e. The van der Waals surface area contributed by atoms with E-state index >= 15 is 0 Å². The summed E-state index contributed by atoms with van der Waals surface area (Å²) in [7, 11) is 0.783. The van der Waals surface area contributed by atoms with E-state index in [1.54, 1.807) is 0 Å². The van der Waals surface area contributed by atoms with Crippen LogP contribution in [0.25, 0.3) is 0 Å². The Morgan fingerprint density at radius 2 is 1.32 bits per heavy atom. The average Bonchev–Trinajstić information content (AvgIpc) is 2.86. The summed E-state index contributed by atoms with van der Waals surface area (Å²) in [6, 6.07) is 0. The number of hydrogen-bond acceptors (Lipinski definition) is 5. The summed E-state index contributed by atoms with van der Waals surface area (Å²) in [5, 5.41) is 10.9. The van der Waals surface area contributed by atoms with Crippen LogP contribution in [0.4, 0.5) is 0 Å². The standard InChI is InChI=1S/C28H52O5Si/c1-2-30-28(34,33-24-16-10-5-11-17-24)27(32-23-14-8-4-9-15-23)21-18-19-25(29)26(20-21)31-22-12-6-3-7-13-22/h21-27,29H,2-20H2,1,34H3. The van der Waals surface area contributed by atoms with Crippen LogP contribution in [-0.4, -0.2) is 64.0 Å². The van der Waals surface area contributed by atoms with Crippen LogP contribution in [0, 0.1) is 5.92 Å². The van der Waals surface area contributed by atoms with E-state index in [0.717, 1.165) is 68.0 Å². The first-order chi connectivity index (χ1) is 16.6. The molecule has 5 unspecified atom stereocenters. The average molecular weight is 497 g/mol. The molecule has 5 atom stereocenters. The molecular formula is C28H52O5Si. The van der Waals surface area contributed by atoms with Gasteiger partial charge in [0.1, 0.15) is 6.10 Å². The molecule has 0 radical (unpaired) electrons. The Balaban J connectivity index is 1.50. The van der Waals surface area contributed by atoms with E-state index in [1.165, 1.54) is 57.8 Å². The van der Waals surface area contributed by atoms with Gasteiger partial charge in [0.05, 0.1) is 40.8 Å². The van der Waals surface area contributed by atoms with Gasteiger partial charge in [-0.3, -0.25) is 0 Å². The molecule has 0 aromatic heterocycles. The zero-order valence-electron chi connectivity index (χ0n) is 22.1. The Kier molecular flexibility index (Phi) is 10.8. The topological polar surface area (TPSA) is 57.2 Å². The minimum atomic E-state index is -0.615. The fourth-order valence-corrected chi connectivity index (χ4v) is 8.30. The number of ether oxygens (including phenoxy) is 4. The van der Waals surface area contributed by atoms with E-state index in [4.69, 9.17) is 18.9 Å². The van der Waals surface area contributed by atoms with Crippen molar-refractivity contribution >= 4 is 10.2 Å². The van der Waals surface area contributed by atoms with Crippen molar-refractivity contribution in [1.82, 2.24) is 0 Å². The molecule has 0 aromatic rings. The van der Waals surface area contributed by atoms with Crippen molar-refractivity contribution in [2.45, 2.75) is 165 Å². The van der Waals surface area contributed by atoms with E-state index in [9.17, 15) is 5.11 Å². The second-order valence-electron chi connectivity index (χ2n) is 11.7. The second kappa shape index (κ2) is 13.5. The smallest absolute Gasteiger partial charge is 0.167 e. The lowest BCUT2D eigenvalue weighted by Gasteiger charge is -2.48. The van der Waals surface area contributed by atoms with Crippen molar-refractivity contribution in [2.24, 2.45) is 5.92 Å². The summed E-state index contributed by atoms with van der Waals surface area (Å²) >= 11 is 0. The van der Waals surface area contributed by atoms with E-state index in [0.29, 0.717) is 30.8 Å². The first-order valence-corrected chi connectivity index (χ1v) is 15.9. The number of rotatable bonds is 10. The van der Waals surface area contributed by atoms with E-state index in [1.807, 2.05) is 0 Å². The van der Waals surface area contributed by atoms with Crippen LogP contribution in [0.3, 0.4) is 0 Å². The maximum atomic E-state index is 10.9. The minimum absolute atomic E-state index is 0.0610. The Labute approximate surface area is 211 Å². The number of aliphatic hydroxyl groups excluding tert-OH is 1. The lowest BCUT2D eigenvalue weighted by atomic mass is 9.80. The van der Waals surface area contributed by atoms with E-state index < -0.39 is 5.41 Å². The third-order valence-electron chi connectivity index (χ3n) is 8.94. The zero-order chi connectivity index (χ0) is 23.8. The van der Waals surface area contributed by atoms with Gasteiger partial charge in [0.25, 0.3) is 0 Å². The highest BCUT2D eigenvalue weighted by molar-refractivity contribution is 6.14. The molecular weight excluding hydrogens is 444 g/mol. The van der Waals surface area contributed by atoms with Gasteiger partial charge < -0.3 is 24.1 Å². The monoisotopic (exact) mass is 496 g/mol. The third-order valence-corrected chi connectivity index (χ3v) is 10.0. The predicted octanol–water partition coefficient (Wildman–Crippen LogP) is 4.99. The second-order valence-corrected chi connectivity index (χ2v) is 13.1. The van der Waals surface area contributed by atoms with Crippen molar-refractivity contribution in [3.63, 3.8) is 0 Å². The fourth-order valence-electron chi connectivity index (χ4n) is 7.07. The number of aliphatic hydroxyl groups is 1. The number of hydrogen-bond donors (Lipinski definition) is 1. The third kappa shape index (κ3) is 7.52. The lowest BCUT2D eigenvalue weighted by molar-refractivity contribution is -0.285. The Morgan fingerprint density at radius 1 is 0.765 bits per heavy atom. The van der Waals surface area contributed by atoms with Crippen molar-refractivity contribution in [1.29, 1.82) is 0 Å². The van der Waals surface area contributed by atoms with Crippen molar-refractivity contribution in [2.75, 3.05) is 6.61 Å². The van der Waals surface area contributed by atoms with Crippen LogP contribution in [0.5, 0.6) is 0 Å². The fraction of sp³-hybridized carbons (Fsp3) is 1.00. The van der Waals surface area contributed by atoms with Crippen LogP contribution in [0.1, 0.15) is 122 Å². The normalized spacial score (nSPS) is 33.5. The summed E-state index contributed by atoms with van der Waals surface area (Å²) in [5.74, 6) is 0.312. The predicted molar refractivity (Wildman–Crippen MR) is 139 cm³/mol. The van der Waals surface area contributed by atoms with Gasteiger partial charge >= 0.3 is 0 Å². The van der Waals surface area contributed by atoms with Gasteiger partial charge in [-0.25, -0.2) is 0 Å². The quantitative estimate of drug-likeness (QED) is 0.341. The Morgan fingerprint density at radius 3 is 1.91 bits per heavy atom. The molecule has 0 aromatic carbocycles. The van der Waals surface area contributed by atoms with Gasteiger partial charge in [0.2, 0.25) is 0 Å². The van der Waals surface area contributed by atoms with Crippen LogP contribution in [-0.2, 0) is 18.9 Å². The molecule has 4 rings (SSSR count). The maximum absolute atomic E-state index is 10.9. The van der Waals surface area contributed by atoms with E-state index in [2.05, 4.69) is 6.92 Å². The molecule has 198 valence electrons. The van der Waals surface area contributed by atoms with Crippen LogP contribution in [0.2, 0.25) is 0 Å². The largest absolute Gasteiger partial charge is 0.390 e. The molecule has 0 spiro atoms. The first-order valence-electron chi connectivity index (χ1n) is 14.9. The molecule has 0 saturated heterocycles. The van der Waals surface area contributed by atoms with Gasteiger partial charge in [-0.1, -0.05) is 57.8 Å². The van der Waals surface area contributed by atoms with Gasteiger partial charge in [-0.15, -0.1) is 0 Å². The van der Waals surface area contributed by atoms with Crippen molar-refractivity contribution in [3.05, 3.63) is 0 Å². The molecule has 0 bridgehead atoms. The highest BCUT2D eigenvalue weighted by atomic mass is 28.1. The SMILES string of the molecule is CCOC([SiH3])(OC1CCCCC1)C(OC1CCCCC1)C1CCC(O)C(OC2CCCCC2)C1. The Hall–Kier alpha value is 0.0169. The van der Waals surface area contributed by atoms with Gasteiger partial charge in [-0.2, -0.15) is 0 Å². The molecule has 1 N–H and O–H groups in total. The highest BCUT2D eigenvalue weighted by Crippen LogP contribution is 2.40. The molecule has 0 amide bonds. The highest BCUT2D eigenvalue weighted by Gasteiger charge is 2.47. The molecule has 4 aliphatic rings. The van der Waals surface area contributed by atoms with Crippen LogP contribution >= 0.6 is 0 Å². The van der Waals surface area contributed by atoms with Crippen LogP contribution < -0.4 is 0 Å². The van der Waals surface area contributed by atoms with Crippen molar-refractivity contribution < 1.29 is 24.1 Å².